The van der Waals surface area contributed by atoms with Crippen molar-refractivity contribution in [1.29, 1.82) is 0 Å². The van der Waals surface area contributed by atoms with Gasteiger partial charge in [0, 0.05) is 24.2 Å². The summed E-state index contributed by atoms with van der Waals surface area (Å²) in [5.74, 6) is -1.48. The first-order valence-electron chi connectivity index (χ1n) is 8.32. The summed E-state index contributed by atoms with van der Waals surface area (Å²) in [6, 6.07) is 9.02. The van der Waals surface area contributed by atoms with Gasteiger partial charge in [-0.15, -0.1) is 0 Å². The van der Waals surface area contributed by atoms with Gasteiger partial charge in [-0.25, -0.2) is 5.43 Å². The molecule has 0 aliphatic heterocycles. The zero-order valence-electron chi connectivity index (χ0n) is 14.9. The van der Waals surface area contributed by atoms with Crippen molar-refractivity contribution in [2.75, 3.05) is 11.9 Å². The molecule has 0 fully saturated rings. The van der Waals surface area contributed by atoms with Gasteiger partial charge in [0.2, 0.25) is 11.8 Å². The maximum absolute atomic E-state index is 11.8. The lowest BCUT2D eigenvalue weighted by atomic mass is 10.0. The van der Waals surface area contributed by atoms with Gasteiger partial charge >= 0.3 is 5.97 Å². The number of ether oxygens (including phenoxy) is 1. The van der Waals surface area contributed by atoms with Gasteiger partial charge in [0.25, 0.3) is 0 Å². The number of hydrogen-bond donors (Lipinski definition) is 2. The van der Waals surface area contributed by atoms with Crippen LogP contribution in [0, 0.1) is 5.92 Å². The molecule has 0 aliphatic rings. The second-order valence-electron chi connectivity index (χ2n) is 5.42. The summed E-state index contributed by atoms with van der Waals surface area (Å²) >= 11 is 0. The van der Waals surface area contributed by atoms with Crippen molar-refractivity contribution in [3.8, 4) is 0 Å². The molecule has 25 heavy (non-hydrogen) atoms. The number of nitrogens with one attached hydrogen (secondary N) is 2. The average Bonchev–Trinajstić information content (AvgIpc) is 2.60. The van der Waals surface area contributed by atoms with E-state index in [-0.39, 0.29) is 30.6 Å². The first-order valence-corrected chi connectivity index (χ1v) is 8.32. The molecule has 0 unspecified atom stereocenters. The van der Waals surface area contributed by atoms with Crippen molar-refractivity contribution < 1.29 is 19.1 Å². The maximum Gasteiger partial charge on any atom is 0.314 e. The van der Waals surface area contributed by atoms with Crippen LogP contribution >= 0.6 is 0 Å². The summed E-state index contributed by atoms with van der Waals surface area (Å²) < 4.78 is 4.97. The lowest BCUT2D eigenvalue weighted by Crippen LogP contribution is -2.27. The van der Waals surface area contributed by atoms with Crippen molar-refractivity contribution in [2.24, 2.45) is 11.0 Å². The predicted octanol–water partition coefficient (Wildman–Crippen LogP) is 2.49. The van der Waals surface area contributed by atoms with Crippen LogP contribution in [0.15, 0.2) is 35.4 Å². The number of amides is 2. The van der Waals surface area contributed by atoms with Gasteiger partial charge in [-0.2, -0.15) is 5.10 Å². The number of hydrogen-bond acceptors (Lipinski definition) is 5. The molecule has 0 heterocycles. The van der Waals surface area contributed by atoms with E-state index in [0.717, 1.165) is 0 Å². The fourth-order valence-electron chi connectivity index (χ4n) is 2.13. The quantitative estimate of drug-likeness (QED) is 0.407. The molecule has 7 nitrogen and oxygen atoms in total. The minimum atomic E-state index is -0.485. The van der Waals surface area contributed by atoms with Gasteiger partial charge < -0.3 is 10.1 Å². The Labute approximate surface area is 147 Å². The van der Waals surface area contributed by atoms with E-state index in [1.807, 2.05) is 25.1 Å². The van der Waals surface area contributed by atoms with Crippen LogP contribution in [0.2, 0.25) is 0 Å². The number of anilines is 1. The van der Waals surface area contributed by atoms with E-state index in [1.165, 1.54) is 0 Å². The highest BCUT2D eigenvalue weighted by Gasteiger charge is 2.21. The molecule has 0 bridgehead atoms. The Morgan fingerprint density at radius 3 is 2.32 bits per heavy atom. The largest absolute Gasteiger partial charge is 0.465 e. The van der Waals surface area contributed by atoms with Gasteiger partial charge in [-0.05, 0) is 32.4 Å². The van der Waals surface area contributed by atoms with E-state index in [0.29, 0.717) is 24.4 Å². The van der Waals surface area contributed by atoms with Crippen molar-refractivity contribution >= 4 is 29.2 Å². The number of carbonyl (C=O) groups is 3. The summed E-state index contributed by atoms with van der Waals surface area (Å²) in [6.45, 7) is 5.54. The molecule has 0 aliphatic carbocycles. The van der Waals surface area contributed by atoms with Crippen LogP contribution in [-0.2, 0) is 19.1 Å². The molecule has 1 aromatic carbocycles. The van der Waals surface area contributed by atoms with Crippen molar-refractivity contribution in [3.05, 3.63) is 30.3 Å². The minimum Gasteiger partial charge on any atom is -0.465 e. The van der Waals surface area contributed by atoms with E-state index in [1.54, 1.807) is 26.0 Å². The van der Waals surface area contributed by atoms with Crippen molar-refractivity contribution in [3.63, 3.8) is 0 Å². The van der Waals surface area contributed by atoms with E-state index >= 15 is 0 Å². The van der Waals surface area contributed by atoms with Crippen LogP contribution in [-0.4, -0.2) is 30.1 Å². The summed E-state index contributed by atoms with van der Waals surface area (Å²) in [6.07, 6.45) is 0.583. The summed E-state index contributed by atoms with van der Waals surface area (Å²) in [4.78, 5) is 35.4. The third kappa shape index (κ3) is 7.60. The van der Waals surface area contributed by atoms with Gasteiger partial charge in [0.05, 0.1) is 12.5 Å². The Bertz CT molecular complexity index is 614. The fraction of sp³-hybridized carbons (Fsp3) is 0.444. The number of carbonyl (C=O) groups excluding carboxylic acids is 3. The molecular formula is C18H25N3O4. The van der Waals surface area contributed by atoms with Crippen LogP contribution in [0.5, 0.6) is 0 Å². The zero-order chi connectivity index (χ0) is 18.7. The van der Waals surface area contributed by atoms with Crippen molar-refractivity contribution in [1.82, 2.24) is 5.43 Å². The third-order valence-corrected chi connectivity index (χ3v) is 3.48. The molecule has 0 spiro atoms. The number of hydrazone groups is 1. The maximum atomic E-state index is 11.8. The number of benzene rings is 1. The molecule has 0 radical (unpaired) electrons. The van der Waals surface area contributed by atoms with Gasteiger partial charge in [0.1, 0.15) is 0 Å². The predicted molar refractivity (Wildman–Crippen MR) is 96.0 cm³/mol. The second-order valence-corrected chi connectivity index (χ2v) is 5.42. The Hall–Kier alpha value is -2.70. The lowest BCUT2D eigenvalue weighted by Gasteiger charge is -2.13. The number of para-hydroxylation sites is 1. The third-order valence-electron chi connectivity index (χ3n) is 3.48. The smallest absolute Gasteiger partial charge is 0.314 e. The Kier molecular flexibility index (Phi) is 8.92. The highest BCUT2D eigenvalue weighted by Crippen LogP contribution is 2.08. The molecule has 7 heteroatoms. The molecule has 1 atom stereocenters. The van der Waals surface area contributed by atoms with E-state index in [4.69, 9.17) is 4.74 Å². The molecule has 136 valence electrons. The van der Waals surface area contributed by atoms with Gasteiger partial charge in [-0.3, -0.25) is 14.4 Å². The van der Waals surface area contributed by atoms with E-state index in [2.05, 4.69) is 15.8 Å². The van der Waals surface area contributed by atoms with Crippen LogP contribution < -0.4 is 10.7 Å². The van der Waals surface area contributed by atoms with Crippen LogP contribution in [0.1, 0.15) is 40.0 Å². The Balaban J connectivity index is 2.42. The van der Waals surface area contributed by atoms with Crippen molar-refractivity contribution in [2.45, 2.75) is 40.0 Å². The van der Waals surface area contributed by atoms with Gasteiger partial charge in [-0.1, -0.05) is 25.1 Å². The molecule has 0 aromatic heterocycles. The molecule has 0 saturated carbocycles. The second kappa shape index (κ2) is 11.0. The molecular weight excluding hydrogens is 322 g/mol. The standard InChI is InChI=1S/C18H25N3O4/c1-4-15(18(24)25-5-2)13(3)20-21-17(23)12-11-16(22)19-14-9-7-6-8-10-14/h6-10,15H,4-5,11-12H2,1-3H3,(H,19,22)(H,21,23)/b20-13-/t15-/m1/s1. The summed E-state index contributed by atoms with van der Waals surface area (Å²) in [5, 5.41) is 6.65. The van der Waals surface area contributed by atoms with Crippen LogP contribution in [0.3, 0.4) is 0 Å². The molecule has 0 saturated heterocycles. The zero-order valence-corrected chi connectivity index (χ0v) is 14.9. The summed E-state index contributed by atoms with van der Waals surface area (Å²) in [7, 11) is 0. The SMILES string of the molecule is CCOC(=O)[C@H](CC)/C(C)=N\NC(=O)CCC(=O)Nc1ccccc1. The number of rotatable bonds is 9. The van der Waals surface area contributed by atoms with E-state index < -0.39 is 5.92 Å². The monoisotopic (exact) mass is 347 g/mol. The molecule has 2 amide bonds. The highest BCUT2D eigenvalue weighted by molar-refractivity contribution is 6.01. The first kappa shape index (κ1) is 20.3. The first-order chi connectivity index (χ1) is 12.0. The fourth-order valence-corrected chi connectivity index (χ4v) is 2.13. The highest BCUT2D eigenvalue weighted by atomic mass is 16.5. The summed E-state index contributed by atoms with van der Waals surface area (Å²) in [5.41, 5.74) is 3.53. The number of esters is 1. The minimum absolute atomic E-state index is 0.00560. The lowest BCUT2D eigenvalue weighted by molar-refractivity contribution is -0.145. The molecule has 2 N–H and O–H groups in total. The Morgan fingerprint density at radius 1 is 1.08 bits per heavy atom. The number of nitrogens with zero attached hydrogens (tertiary/aromatic N) is 1. The molecule has 1 aromatic rings. The topological polar surface area (TPSA) is 96.9 Å². The van der Waals surface area contributed by atoms with Gasteiger partial charge in [0.15, 0.2) is 0 Å². The Morgan fingerprint density at radius 2 is 1.72 bits per heavy atom. The van der Waals surface area contributed by atoms with E-state index in [9.17, 15) is 14.4 Å². The normalized spacial score (nSPS) is 12.2. The average molecular weight is 347 g/mol. The van der Waals surface area contributed by atoms with Crippen LogP contribution in [0.25, 0.3) is 0 Å². The molecule has 1 rings (SSSR count). The van der Waals surface area contributed by atoms with Crippen LogP contribution in [0.4, 0.5) is 5.69 Å².